The van der Waals surface area contributed by atoms with E-state index in [0.717, 1.165) is 29.2 Å². The molecule has 0 aliphatic rings. The molecule has 6 heteroatoms. The van der Waals surface area contributed by atoms with Gasteiger partial charge in [0.1, 0.15) is 5.01 Å². The van der Waals surface area contributed by atoms with Gasteiger partial charge in [-0.1, -0.05) is 0 Å². The van der Waals surface area contributed by atoms with E-state index in [1.54, 1.807) is 12.4 Å². The molecule has 0 unspecified atom stereocenters. The number of aromatic nitrogens is 2. The van der Waals surface area contributed by atoms with Gasteiger partial charge >= 0.3 is 0 Å². The minimum atomic E-state index is 0.0248. The van der Waals surface area contributed by atoms with Crippen LogP contribution in [0.2, 0.25) is 0 Å². The Kier molecular flexibility index (Phi) is 5.83. The van der Waals surface area contributed by atoms with Crippen molar-refractivity contribution in [1.82, 2.24) is 20.2 Å². The van der Waals surface area contributed by atoms with Gasteiger partial charge in [-0.3, -0.25) is 9.78 Å². The summed E-state index contributed by atoms with van der Waals surface area (Å²) in [4.78, 5) is 22.5. The summed E-state index contributed by atoms with van der Waals surface area (Å²) >= 11 is 1.54. The fourth-order valence-corrected chi connectivity index (χ4v) is 2.67. The molecule has 1 N–H and O–H groups in total. The number of hydrogen-bond acceptors (Lipinski definition) is 5. The van der Waals surface area contributed by atoms with Gasteiger partial charge in [0.25, 0.3) is 0 Å². The molecular weight excluding hydrogens is 284 g/mol. The van der Waals surface area contributed by atoms with Crippen LogP contribution < -0.4 is 5.32 Å². The van der Waals surface area contributed by atoms with E-state index >= 15 is 0 Å². The highest BCUT2D eigenvalue weighted by Gasteiger charge is 2.08. The molecule has 0 aliphatic heterocycles. The first-order chi connectivity index (χ1) is 10.1. The second-order valence-corrected chi connectivity index (χ2v) is 5.93. The highest BCUT2D eigenvalue weighted by atomic mass is 32.1. The van der Waals surface area contributed by atoms with E-state index in [1.807, 2.05) is 31.6 Å². The summed E-state index contributed by atoms with van der Waals surface area (Å²) in [5.41, 5.74) is 1.80. The normalized spacial score (nSPS) is 10.8. The molecule has 0 saturated carbocycles. The first kappa shape index (κ1) is 15.6. The Labute approximate surface area is 129 Å². The van der Waals surface area contributed by atoms with Gasteiger partial charge in [-0.25, -0.2) is 4.98 Å². The molecule has 0 fully saturated rings. The Morgan fingerprint density at radius 2 is 2.29 bits per heavy atom. The van der Waals surface area contributed by atoms with Crippen molar-refractivity contribution >= 4 is 17.2 Å². The third-order valence-electron chi connectivity index (χ3n) is 2.91. The Balaban J connectivity index is 1.81. The molecule has 2 aromatic rings. The van der Waals surface area contributed by atoms with Gasteiger partial charge in [-0.15, -0.1) is 11.3 Å². The molecule has 0 bridgehead atoms. The molecule has 0 spiro atoms. The minimum absolute atomic E-state index is 0.0248. The second kappa shape index (κ2) is 7.85. The zero-order valence-corrected chi connectivity index (χ0v) is 13.2. The number of nitrogens with zero attached hydrogens (tertiary/aromatic N) is 3. The van der Waals surface area contributed by atoms with Gasteiger partial charge in [0.15, 0.2) is 0 Å². The number of carbonyl (C=O) groups is 1. The number of thiazole rings is 1. The number of pyridine rings is 1. The lowest BCUT2D eigenvalue weighted by molar-refractivity contribution is -0.120. The maximum absolute atomic E-state index is 11.8. The lowest BCUT2D eigenvalue weighted by Gasteiger charge is -2.09. The van der Waals surface area contributed by atoms with Crippen LogP contribution in [0.4, 0.5) is 0 Å². The molecule has 0 atom stereocenters. The maximum Gasteiger partial charge on any atom is 0.226 e. The first-order valence-electron chi connectivity index (χ1n) is 6.91. The van der Waals surface area contributed by atoms with Gasteiger partial charge in [-0.2, -0.15) is 0 Å². The summed E-state index contributed by atoms with van der Waals surface area (Å²) in [7, 11) is 4.05. The van der Waals surface area contributed by atoms with E-state index < -0.39 is 0 Å². The van der Waals surface area contributed by atoms with Crippen LogP contribution in [0.3, 0.4) is 0 Å². The molecule has 2 aromatic heterocycles. The Bertz CT molecular complexity index is 568. The van der Waals surface area contributed by atoms with Crippen molar-refractivity contribution < 1.29 is 4.79 Å². The predicted octanol–water partition coefficient (Wildman–Crippen LogP) is 1.82. The highest BCUT2D eigenvalue weighted by Crippen LogP contribution is 2.22. The van der Waals surface area contributed by atoms with Gasteiger partial charge < -0.3 is 10.2 Å². The molecule has 2 rings (SSSR count). The summed E-state index contributed by atoms with van der Waals surface area (Å²) in [5.74, 6) is 0.0248. The summed E-state index contributed by atoms with van der Waals surface area (Å²) in [5, 5.41) is 5.76. The highest BCUT2D eigenvalue weighted by molar-refractivity contribution is 7.13. The lowest BCUT2D eigenvalue weighted by atomic mass is 10.3. The van der Waals surface area contributed by atoms with Crippen molar-refractivity contribution in [3.8, 4) is 10.6 Å². The quantitative estimate of drug-likeness (QED) is 0.793. The first-order valence-corrected chi connectivity index (χ1v) is 7.79. The molecular formula is C15H20N4OS. The predicted molar refractivity (Wildman–Crippen MR) is 85.2 cm³/mol. The molecule has 0 radical (unpaired) electrons. The fourth-order valence-electron chi connectivity index (χ4n) is 1.86. The SMILES string of the molecule is CN(C)CCCNC(=O)Cc1csc(-c2cccnc2)n1. The second-order valence-electron chi connectivity index (χ2n) is 5.07. The van der Waals surface area contributed by atoms with Crippen molar-refractivity contribution in [2.75, 3.05) is 27.2 Å². The lowest BCUT2D eigenvalue weighted by Crippen LogP contribution is -2.28. The van der Waals surface area contributed by atoms with Crippen LogP contribution in [0.25, 0.3) is 10.6 Å². The number of nitrogens with one attached hydrogen (secondary N) is 1. The van der Waals surface area contributed by atoms with Crippen molar-refractivity contribution in [2.24, 2.45) is 0 Å². The Morgan fingerprint density at radius 1 is 1.43 bits per heavy atom. The number of rotatable bonds is 7. The van der Waals surface area contributed by atoms with Crippen LogP contribution >= 0.6 is 11.3 Å². The minimum Gasteiger partial charge on any atom is -0.356 e. The monoisotopic (exact) mass is 304 g/mol. The van der Waals surface area contributed by atoms with E-state index in [-0.39, 0.29) is 5.91 Å². The maximum atomic E-state index is 11.8. The average Bonchev–Trinajstić information content (AvgIpc) is 2.93. The molecule has 1 amide bonds. The van der Waals surface area contributed by atoms with Crippen LogP contribution in [-0.4, -0.2) is 48.0 Å². The summed E-state index contributed by atoms with van der Waals surface area (Å²) in [6.45, 7) is 1.68. The zero-order valence-electron chi connectivity index (χ0n) is 12.4. The number of amides is 1. The van der Waals surface area contributed by atoms with Crippen molar-refractivity contribution in [3.05, 3.63) is 35.6 Å². The van der Waals surface area contributed by atoms with E-state index in [2.05, 4.69) is 20.2 Å². The van der Waals surface area contributed by atoms with Gasteiger partial charge in [0.05, 0.1) is 12.1 Å². The van der Waals surface area contributed by atoms with Crippen LogP contribution in [0.1, 0.15) is 12.1 Å². The smallest absolute Gasteiger partial charge is 0.226 e. The topological polar surface area (TPSA) is 58.1 Å². The van der Waals surface area contributed by atoms with Crippen LogP contribution in [0.5, 0.6) is 0 Å². The average molecular weight is 304 g/mol. The van der Waals surface area contributed by atoms with Crippen LogP contribution in [0.15, 0.2) is 29.9 Å². The summed E-state index contributed by atoms with van der Waals surface area (Å²) in [6.07, 6.45) is 4.80. The van der Waals surface area contributed by atoms with Crippen LogP contribution in [-0.2, 0) is 11.2 Å². The summed E-state index contributed by atoms with van der Waals surface area (Å²) in [6, 6.07) is 3.85. The number of carbonyl (C=O) groups excluding carboxylic acids is 1. The molecule has 112 valence electrons. The van der Waals surface area contributed by atoms with Crippen molar-refractivity contribution in [1.29, 1.82) is 0 Å². The molecule has 0 aromatic carbocycles. The molecule has 0 saturated heterocycles. The van der Waals surface area contributed by atoms with Crippen molar-refractivity contribution in [3.63, 3.8) is 0 Å². The standard InChI is InChI=1S/C15H20N4OS/c1-19(2)8-4-7-17-14(20)9-13-11-21-15(18-13)12-5-3-6-16-10-12/h3,5-6,10-11H,4,7-9H2,1-2H3,(H,17,20). The van der Waals surface area contributed by atoms with Gasteiger partial charge in [-0.05, 0) is 39.2 Å². The van der Waals surface area contributed by atoms with Crippen molar-refractivity contribution in [2.45, 2.75) is 12.8 Å². The molecule has 5 nitrogen and oxygen atoms in total. The molecule has 2 heterocycles. The van der Waals surface area contributed by atoms with E-state index in [9.17, 15) is 4.79 Å². The Morgan fingerprint density at radius 3 is 3.00 bits per heavy atom. The molecule has 21 heavy (non-hydrogen) atoms. The van der Waals surface area contributed by atoms with E-state index in [4.69, 9.17) is 0 Å². The largest absolute Gasteiger partial charge is 0.356 e. The number of hydrogen-bond donors (Lipinski definition) is 1. The third-order valence-corrected chi connectivity index (χ3v) is 3.85. The summed E-state index contributed by atoms with van der Waals surface area (Å²) < 4.78 is 0. The van der Waals surface area contributed by atoms with E-state index in [0.29, 0.717) is 13.0 Å². The zero-order chi connectivity index (χ0) is 15.1. The third kappa shape index (κ3) is 5.24. The van der Waals surface area contributed by atoms with E-state index in [1.165, 1.54) is 11.3 Å². The Hall–Kier alpha value is -1.79. The molecule has 0 aliphatic carbocycles. The van der Waals surface area contributed by atoms with Crippen LogP contribution in [0, 0.1) is 0 Å². The fraction of sp³-hybridized carbons (Fsp3) is 0.400. The van der Waals surface area contributed by atoms with Gasteiger partial charge in [0.2, 0.25) is 5.91 Å². The van der Waals surface area contributed by atoms with Gasteiger partial charge in [0, 0.05) is 29.9 Å².